The molecule has 3 aliphatic rings. The molecule has 18 heteroatoms. The number of hydrogen-bond acceptors (Lipinski definition) is 10. The van der Waals surface area contributed by atoms with Gasteiger partial charge in [-0.25, -0.2) is 9.18 Å². The summed E-state index contributed by atoms with van der Waals surface area (Å²) in [5, 5.41) is 8.44. The minimum absolute atomic E-state index is 0.0202. The molecule has 3 aliphatic heterocycles. The number of urea groups is 1. The maximum atomic E-state index is 16.0. The second-order valence-corrected chi connectivity index (χ2v) is 18.4. The number of pyridine rings is 1. The largest absolute Gasteiger partial charge is 0.487 e. The van der Waals surface area contributed by atoms with E-state index in [-0.39, 0.29) is 97.1 Å². The van der Waals surface area contributed by atoms with Crippen LogP contribution in [0.15, 0.2) is 53.5 Å². The fourth-order valence-corrected chi connectivity index (χ4v) is 8.97. The normalized spacial score (nSPS) is 17.4. The van der Waals surface area contributed by atoms with Crippen LogP contribution in [0.25, 0.3) is 10.9 Å². The number of piperazine rings is 1. The second kappa shape index (κ2) is 21.3. The van der Waals surface area contributed by atoms with Gasteiger partial charge < -0.3 is 40.4 Å². The number of Topliss-reactive ketones (excluding diaryl/α,β-unsaturated/α-hetero) is 2. The summed E-state index contributed by atoms with van der Waals surface area (Å²) < 4.78 is 24.6. The lowest BCUT2D eigenvalue weighted by Crippen LogP contribution is -2.57. The Morgan fingerprint density at radius 3 is 2.29 bits per heavy atom. The lowest BCUT2D eigenvalue weighted by atomic mass is 9.89. The number of unbranched alkanes of at least 4 members (excludes halogenated alkanes) is 2. The highest BCUT2D eigenvalue weighted by Gasteiger charge is 2.35. The van der Waals surface area contributed by atoms with Crippen molar-refractivity contribution in [2.75, 3.05) is 63.1 Å². The Morgan fingerprint density at radius 1 is 0.970 bits per heavy atom. The Bertz CT molecular complexity index is 2440. The van der Waals surface area contributed by atoms with Gasteiger partial charge in [0, 0.05) is 61.4 Å². The number of hydrogen-bond donors (Lipinski definition) is 4. The van der Waals surface area contributed by atoms with E-state index in [0.29, 0.717) is 85.5 Å². The van der Waals surface area contributed by atoms with Gasteiger partial charge in [0.15, 0.2) is 28.6 Å². The first kappa shape index (κ1) is 49.0. The number of imide groups is 1. The van der Waals surface area contributed by atoms with Crippen molar-refractivity contribution < 1.29 is 47.2 Å². The van der Waals surface area contributed by atoms with Gasteiger partial charge in [0.2, 0.25) is 11.8 Å². The fraction of sp³-hybridized carbons (Fsp3) is 0.500. The van der Waals surface area contributed by atoms with Crippen LogP contribution < -0.4 is 36.7 Å². The van der Waals surface area contributed by atoms with Gasteiger partial charge in [-0.3, -0.25) is 38.5 Å². The number of nitrogens with two attached hydrogens (primary N) is 1. The minimum Gasteiger partial charge on any atom is -0.487 e. The number of halogens is 1. The zero-order valence-corrected chi connectivity index (χ0v) is 38.5. The number of amides is 6. The third kappa shape index (κ3) is 11.7. The molecule has 4 heterocycles. The van der Waals surface area contributed by atoms with Gasteiger partial charge >= 0.3 is 6.03 Å². The highest BCUT2D eigenvalue weighted by atomic mass is 19.1. The predicted octanol–water partition coefficient (Wildman–Crippen LogP) is 4.35. The number of primary amides is 1. The molecule has 17 nitrogen and oxygen atoms in total. The van der Waals surface area contributed by atoms with Gasteiger partial charge in [-0.2, -0.15) is 0 Å². The topological polar surface area (TPSA) is 219 Å². The zero-order chi connectivity index (χ0) is 47.9. The fourth-order valence-electron chi connectivity index (χ4n) is 8.97. The molecule has 5 N–H and O–H groups in total. The number of nitrogens with zero attached hydrogens (tertiary/aromatic N) is 4. The van der Waals surface area contributed by atoms with Crippen LogP contribution in [0.1, 0.15) is 94.6 Å². The van der Waals surface area contributed by atoms with Crippen molar-refractivity contribution in [2.45, 2.75) is 91.3 Å². The molecule has 3 aromatic rings. The molecule has 1 aromatic heterocycles. The van der Waals surface area contributed by atoms with E-state index in [1.54, 1.807) is 6.20 Å². The number of carbonyl (C=O) groups is 7. The average Bonchev–Trinajstić information content (AvgIpc) is 3.58. The molecular weight excluding hydrogens is 852 g/mol. The molecule has 2 aromatic carbocycles. The lowest BCUT2D eigenvalue weighted by Gasteiger charge is -2.43. The number of quaternary nitrogens is 1. The number of ether oxygens (including phenoxy) is 1. The van der Waals surface area contributed by atoms with Gasteiger partial charge in [0.05, 0.1) is 61.8 Å². The number of likely N-dealkylation sites (N-methyl/N-ethyl adjacent to an activating group) is 1. The minimum atomic E-state index is -0.828. The molecule has 0 bridgehead atoms. The summed E-state index contributed by atoms with van der Waals surface area (Å²) in [6.45, 7) is 10.7. The predicted molar refractivity (Wildman–Crippen MR) is 246 cm³/mol. The standard InChI is InChI=1S/C48H61FN8O9/c1-29(2)42(53-39(60)11-7-6-8-19-55-40(61)16-17-41(55)62)38(59)24-33(10-9-18-51-48(50)65)47(64)52-34-14-12-32(13-15-34)27-57(5)22-20-54(21-23-57)44-37(49)25-35-43-46(44)66-28-30(3)56(43)26-36(31(4)58)45(35)63/h12-17,25-26,29-30,33,42H,6-11,18-24,27-28H2,1-5H3,(H4-,50,51,52,53,60,64,65)/p+1. The van der Waals surface area contributed by atoms with Crippen LogP contribution in [0.3, 0.4) is 0 Å². The molecular formula is C48H62FN8O9+. The van der Waals surface area contributed by atoms with Crippen LogP contribution in [0.5, 0.6) is 5.75 Å². The van der Waals surface area contributed by atoms with Crippen LogP contribution in [-0.4, -0.2) is 114 Å². The van der Waals surface area contributed by atoms with E-state index in [9.17, 15) is 38.4 Å². The van der Waals surface area contributed by atoms with Crippen LogP contribution in [0, 0.1) is 17.7 Å². The molecule has 6 amide bonds. The molecule has 0 aliphatic carbocycles. The second-order valence-electron chi connectivity index (χ2n) is 18.4. The molecule has 354 valence electrons. The summed E-state index contributed by atoms with van der Waals surface area (Å²) in [5.74, 6) is -3.32. The Kier molecular flexibility index (Phi) is 15.8. The van der Waals surface area contributed by atoms with Crippen LogP contribution in [0.2, 0.25) is 0 Å². The van der Waals surface area contributed by atoms with Gasteiger partial charge in [0.25, 0.3) is 11.8 Å². The summed E-state index contributed by atoms with van der Waals surface area (Å²) >= 11 is 0. The van der Waals surface area contributed by atoms with Gasteiger partial charge in [-0.05, 0) is 63.6 Å². The van der Waals surface area contributed by atoms with E-state index in [0.717, 1.165) is 10.5 Å². The number of aromatic nitrogens is 1. The number of carbonyl (C=O) groups excluding carboxylic acids is 7. The van der Waals surface area contributed by atoms with E-state index < -0.39 is 29.2 Å². The number of rotatable bonds is 21. The first-order valence-electron chi connectivity index (χ1n) is 22.8. The first-order chi connectivity index (χ1) is 31.3. The molecule has 0 spiro atoms. The highest BCUT2D eigenvalue weighted by Crippen LogP contribution is 2.42. The van der Waals surface area contributed by atoms with Crippen molar-refractivity contribution in [2.24, 2.45) is 17.6 Å². The van der Waals surface area contributed by atoms with Gasteiger partial charge in [0.1, 0.15) is 18.8 Å². The van der Waals surface area contributed by atoms with Crippen LogP contribution >= 0.6 is 0 Å². The van der Waals surface area contributed by atoms with Crippen molar-refractivity contribution in [1.82, 2.24) is 20.1 Å². The zero-order valence-electron chi connectivity index (χ0n) is 38.5. The number of nitrogens with one attached hydrogen (secondary N) is 3. The number of benzene rings is 2. The van der Waals surface area contributed by atoms with E-state index in [2.05, 4.69) is 23.0 Å². The van der Waals surface area contributed by atoms with E-state index in [4.69, 9.17) is 10.5 Å². The maximum absolute atomic E-state index is 16.0. The van der Waals surface area contributed by atoms with Gasteiger partial charge in [-0.1, -0.05) is 32.4 Å². The number of ketones is 2. The number of anilines is 2. The Morgan fingerprint density at radius 2 is 1.65 bits per heavy atom. The quantitative estimate of drug-likeness (QED) is 0.0513. The average molecular weight is 914 g/mol. The Labute approximate surface area is 383 Å². The maximum Gasteiger partial charge on any atom is 0.312 e. The smallest absolute Gasteiger partial charge is 0.312 e. The molecule has 3 atom stereocenters. The van der Waals surface area contributed by atoms with Crippen molar-refractivity contribution in [3.8, 4) is 5.75 Å². The summed E-state index contributed by atoms with van der Waals surface area (Å²) in [6, 6.07) is 7.03. The molecule has 0 radical (unpaired) electrons. The molecule has 6 rings (SSSR count). The third-order valence-corrected chi connectivity index (χ3v) is 12.8. The van der Waals surface area contributed by atoms with Crippen molar-refractivity contribution >= 4 is 63.5 Å². The van der Waals surface area contributed by atoms with Crippen LogP contribution in [0.4, 0.5) is 20.6 Å². The monoisotopic (exact) mass is 913 g/mol. The summed E-state index contributed by atoms with van der Waals surface area (Å²) in [4.78, 5) is 104. The lowest BCUT2D eigenvalue weighted by molar-refractivity contribution is -0.923. The summed E-state index contributed by atoms with van der Waals surface area (Å²) in [7, 11) is 2.14. The Hall–Kier alpha value is -6.43. The van der Waals surface area contributed by atoms with E-state index in [1.165, 1.54) is 25.1 Å². The van der Waals surface area contributed by atoms with E-state index >= 15 is 4.39 Å². The molecule has 3 unspecified atom stereocenters. The van der Waals surface area contributed by atoms with Crippen molar-refractivity contribution in [3.05, 3.63) is 75.8 Å². The molecule has 1 fully saturated rings. The van der Waals surface area contributed by atoms with Crippen molar-refractivity contribution in [1.29, 1.82) is 0 Å². The third-order valence-electron chi connectivity index (χ3n) is 12.8. The van der Waals surface area contributed by atoms with Crippen LogP contribution in [-0.2, 0) is 30.5 Å². The molecule has 0 saturated carbocycles. The SMILES string of the molecule is CC(=O)c1cn2c3c(c(N4CC[N+](C)(Cc5ccc(NC(=O)C(CCCNC(N)=O)CC(=O)C(NC(=O)CCCCCN6C(=O)C=CC6=O)C(C)C)cc5)CC4)c(F)cc3c1=O)OCC2C. The van der Waals surface area contributed by atoms with E-state index in [1.807, 2.05) is 54.5 Å². The highest BCUT2D eigenvalue weighted by molar-refractivity contribution is 6.12. The first-order valence-corrected chi connectivity index (χ1v) is 22.8. The molecule has 1 saturated heterocycles. The van der Waals surface area contributed by atoms with Crippen molar-refractivity contribution in [3.63, 3.8) is 0 Å². The Balaban J connectivity index is 1.04. The summed E-state index contributed by atoms with van der Waals surface area (Å²) in [5.41, 5.74) is 7.11. The summed E-state index contributed by atoms with van der Waals surface area (Å²) in [6.07, 6.45) is 6.36. The van der Waals surface area contributed by atoms with Gasteiger partial charge in [-0.15, -0.1) is 0 Å². The molecule has 66 heavy (non-hydrogen) atoms.